The van der Waals surface area contributed by atoms with Crippen LogP contribution in [0.2, 0.25) is 0 Å². The van der Waals surface area contributed by atoms with Gasteiger partial charge < -0.3 is 15.8 Å². The van der Waals surface area contributed by atoms with Crippen molar-refractivity contribution < 1.29 is 10.0 Å². The van der Waals surface area contributed by atoms with Crippen molar-refractivity contribution in [2.24, 2.45) is 10.9 Å². The second kappa shape index (κ2) is 5.73. The van der Waals surface area contributed by atoms with Crippen molar-refractivity contribution in [1.29, 1.82) is 0 Å². The van der Waals surface area contributed by atoms with Crippen molar-refractivity contribution in [2.45, 2.75) is 26.2 Å². The average Bonchev–Trinajstić information content (AvgIpc) is 2.90. The van der Waals surface area contributed by atoms with Crippen LogP contribution in [0.15, 0.2) is 23.4 Å². The van der Waals surface area contributed by atoms with Crippen LogP contribution < -0.4 is 5.73 Å². The molecule has 1 amide bonds. The lowest BCUT2D eigenvalue weighted by molar-refractivity contribution is 0.0786. The number of carbonyl (C=O) groups excluding carboxylic acids is 1. The van der Waals surface area contributed by atoms with E-state index in [1.165, 1.54) is 11.1 Å². The molecule has 1 aliphatic carbocycles. The molecule has 3 N–H and O–H groups in total. The summed E-state index contributed by atoms with van der Waals surface area (Å²) in [5, 5.41) is 11.5. The van der Waals surface area contributed by atoms with Gasteiger partial charge in [-0.1, -0.05) is 11.2 Å². The van der Waals surface area contributed by atoms with Gasteiger partial charge in [0.25, 0.3) is 5.91 Å². The summed E-state index contributed by atoms with van der Waals surface area (Å²) in [6.07, 6.45) is 3.31. The summed E-state index contributed by atoms with van der Waals surface area (Å²) in [4.78, 5) is 13.9. The first-order valence-electron chi connectivity index (χ1n) is 6.53. The van der Waals surface area contributed by atoms with E-state index in [1.54, 1.807) is 4.90 Å². The number of hydrogen-bond acceptors (Lipinski definition) is 3. The Morgan fingerprint density at radius 3 is 2.84 bits per heavy atom. The molecule has 0 aromatic heterocycles. The van der Waals surface area contributed by atoms with E-state index in [0.29, 0.717) is 12.1 Å². The van der Waals surface area contributed by atoms with E-state index in [4.69, 9.17) is 10.9 Å². The fourth-order valence-electron chi connectivity index (χ4n) is 2.44. The largest absolute Gasteiger partial charge is 0.409 e. The van der Waals surface area contributed by atoms with E-state index in [2.05, 4.69) is 5.16 Å². The summed E-state index contributed by atoms with van der Waals surface area (Å²) >= 11 is 0. The Morgan fingerprint density at radius 1 is 1.42 bits per heavy atom. The van der Waals surface area contributed by atoms with Gasteiger partial charge in [-0.3, -0.25) is 4.79 Å². The molecule has 0 saturated carbocycles. The molecule has 102 valence electrons. The molecule has 0 saturated heterocycles. The third-order valence-electron chi connectivity index (χ3n) is 3.50. The van der Waals surface area contributed by atoms with E-state index in [9.17, 15) is 4.79 Å². The predicted molar refractivity (Wildman–Crippen MR) is 73.5 cm³/mol. The lowest BCUT2D eigenvalue weighted by atomic mass is 10.1. The highest BCUT2D eigenvalue weighted by molar-refractivity contribution is 5.97. The summed E-state index contributed by atoms with van der Waals surface area (Å²) in [6, 6.07) is 5.87. The van der Waals surface area contributed by atoms with E-state index in [-0.39, 0.29) is 18.3 Å². The number of hydrogen-bond donors (Lipinski definition) is 2. The molecule has 0 heterocycles. The zero-order valence-corrected chi connectivity index (χ0v) is 11.1. The Morgan fingerprint density at radius 2 is 2.16 bits per heavy atom. The minimum atomic E-state index is -0.0798. The van der Waals surface area contributed by atoms with E-state index in [0.717, 1.165) is 19.3 Å². The number of rotatable bonds is 4. The van der Waals surface area contributed by atoms with Crippen LogP contribution in [0.25, 0.3) is 0 Å². The van der Waals surface area contributed by atoms with E-state index >= 15 is 0 Å². The molecule has 0 atom stereocenters. The number of nitrogens with two attached hydrogens (primary N) is 1. The van der Waals surface area contributed by atoms with Crippen LogP contribution in [0.1, 0.15) is 34.8 Å². The first kappa shape index (κ1) is 13.4. The van der Waals surface area contributed by atoms with Gasteiger partial charge in [-0.25, -0.2) is 0 Å². The predicted octanol–water partition coefficient (Wildman–Crippen LogP) is 1.38. The molecule has 0 fully saturated rings. The minimum Gasteiger partial charge on any atom is -0.409 e. The van der Waals surface area contributed by atoms with Gasteiger partial charge in [-0.05, 0) is 49.4 Å². The number of amidine groups is 1. The van der Waals surface area contributed by atoms with Crippen LogP contribution in [-0.4, -0.2) is 34.9 Å². The fraction of sp³-hybridized carbons (Fsp3) is 0.429. The van der Waals surface area contributed by atoms with Gasteiger partial charge in [0, 0.05) is 12.1 Å². The van der Waals surface area contributed by atoms with Gasteiger partial charge in [0.05, 0.1) is 6.54 Å². The second-order valence-electron chi connectivity index (χ2n) is 4.75. The third kappa shape index (κ3) is 2.86. The summed E-state index contributed by atoms with van der Waals surface area (Å²) < 4.78 is 0. The first-order chi connectivity index (χ1) is 9.15. The molecule has 0 radical (unpaired) electrons. The molecule has 5 heteroatoms. The zero-order valence-electron chi connectivity index (χ0n) is 11.1. The summed E-state index contributed by atoms with van der Waals surface area (Å²) in [5.74, 6) is -0.0415. The van der Waals surface area contributed by atoms with Crippen LogP contribution in [0.4, 0.5) is 0 Å². The van der Waals surface area contributed by atoms with E-state index < -0.39 is 0 Å². The maximum absolute atomic E-state index is 12.4. The smallest absolute Gasteiger partial charge is 0.254 e. The van der Waals surface area contributed by atoms with Gasteiger partial charge in [-0.2, -0.15) is 0 Å². The molecule has 0 spiro atoms. The highest BCUT2D eigenvalue weighted by Gasteiger charge is 2.18. The highest BCUT2D eigenvalue weighted by Crippen LogP contribution is 2.23. The van der Waals surface area contributed by atoms with Crippen molar-refractivity contribution in [3.8, 4) is 0 Å². The second-order valence-corrected chi connectivity index (χ2v) is 4.75. The number of likely N-dealkylation sites (N-methyl/N-ethyl adjacent to an activating group) is 1. The lowest BCUT2D eigenvalue weighted by Gasteiger charge is -2.20. The standard InChI is InChI=1S/C14H19N3O2/c1-2-17(9-13(15)16-19)14(18)12-7-6-10-4-3-5-11(10)8-12/h6-8,19H,2-5,9H2,1H3,(H2,15,16). The molecular formula is C14H19N3O2. The summed E-state index contributed by atoms with van der Waals surface area (Å²) in [7, 11) is 0. The van der Waals surface area contributed by atoms with Crippen LogP contribution in [0.5, 0.6) is 0 Å². The number of aryl methyl sites for hydroxylation is 2. The van der Waals surface area contributed by atoms with Crippen LogP contribution in [-0.2, 0) is 12.8 Å². The SMILES string of the molecule is CCN(CC(N)=NO)C(=O)c1ccc2c(c1)CCC2. The van der Waals surface area contributed by atoms with Gasteiger partial charge in [-0.15, -0.1) is 0 Å². The van der Waals surface area contributed by atoms with Crippen LogP contribution >= 0.6 is 0 Å². The maximum atomic E-state index is 12.4. The average molecular weight is 261 g/mol. The molecule has 1 aromatic carbocycles. The monoisotopic (exact) mass is 261 g/mol. The van der Waals surface area contributed by atoms with Crippen molar-refractivity contribution in [1.82, 2.24) is 4.90 Å². The van der Waals surface area contributed by atoms with Crippen molar-refractivity contribution >= 4 is 11.7 Å². The normalized spacial score (nSPS) is 14.3. The first-order valence-corrected chi connectivity index (χ1v) is 6.53. The van der Waals surface area contributed by atoms with Crippen molar-refractivity contribution in [3.05, 3.63) is 34.9 Å². The molecule has 0 unspecified atom stereocenters. The quantitative estimate of drug-likeness (QED) is 0.372. The third-order valence-corrected chi connectivity index (χ3v) is 3.50. The number of amides is 1. The molecule has 0 aliphatic heterocycles. The van der Waals surface area contributed by atoms with Gasteiger partial charge in [0.1, 0.15) is 0 Å². The number of benzene rings is 1. The maximum Gasteiger partial charge on any atom is 0.254 e. The topological polar surface area (TPSA) is 78.9 Å². The van der Waals surface area contributed by atoms with Crippen LogP contribution in [0, 0.1) is 0 Å². The lowest BCUT2D eigenvalue weighted by Crippen LogP contribution is -2.38. The Bertz CT molecular complexity index is 511. The fourth-order valence-corrected chi connectivity index (χ4v) is 2.44. The van der Waals surface area contributed by atoms with Crippen molar-refractivity contribution in [3.63, 3.8) is 0 Å². The van der Waals surface area contributed by atoms with Gasteiger partial charge >= 0.3 is 0 Å². The highest BCUT2D eigenvalue weighted by atomic mass is 16.4. The molecule has 19 heavy (non-hydrogen) atoms. The molecule has 0 bridgehead atoms. The number of nitrogens with zero attached hydrogens (tertiary/aromatic N) is 2. The molecular weight excluding hydrogens is 242 g/mol. The zero-order chi connectivity index (χ0) is 13.8. The molecule has 5 nitrogen and oxygen atoms in total. The van der Waals surface area contributed by atoms with Crippen molar-refractivity contribution in [2.75, 3.05) is 13.1 Å². The molecule has 1 aromatic rings. The number of oxime groups is 1. The Hall–Kier alpha value is -2.04. The summed E-state index contributed by atoms with van der Waals surface area (Å²) in [5.41, 5.74) is 8.75. The van der Waals surface area contributed by atoms with Gasteiger partial charge in [0.2, 0.25) is 0 Å². The van der Waals surface area contributed by atoms with E-state index in [1.807, 2.05) is 25.1 Å². The Kier molecular flexibility index (Phi) is 4.04. The molecule has 1 aliphatic rings. The summed E-state index contributed by atoms with van der Waals surface area (Å²) in [6.45, 7) is 2.53. The molecule has 2 rings (SSSR count). The Labute approximate surface area is 112 Å². The Balaban J connectivity index is 2.18. The van der Waals surface area contributed by atoms with Crippen LogP contribution in [0.3, 0.4) is 0 Å². The number of carbonyl (C=O) groups is 1. The minimum absolute atomic E-state index is 0.0383. The van der Waals surface area contributed by atoms with Gasteiger partial charge in [0.15, 0.2) is 5.84 Å². The number of fused-ring (bicyclic) bond motifs is 1.